The van der Waals surface area contributed by atoms with E-state index in [1.54, 1.807) is 16.8 Å². The molecule has 0 aromatic heterocycles. The molecule has 1 aliphatic rings. The summed E-state index contributed by atoms with van der Waals surface area (Å²) in [4.78, 5) is 27.1. The molecule has 0 radical (unpaired) electrons. The van der Waals surface area contributed by atoms with Gasteiger partial charge in [0.2, 0.25) is 0 Å². The summed E-state index contributed by atoms with van der Waals surface area (Å²) in [5, 5.41) is 9.42. The molecule has 0 aromatic carbocycles. The number of urea groups is 1. The summed E-state index contributed by atoms with van der Waals surface area (Å²) < 4.78 is 0. The molecule has 1 rings (SSSR count). The summed E-state index contributed by atoms with van der Waals surface area (Å²) in [5.74, 6) is -0.705. The molecule has 110 valence electrons. The number of piperidine rings is 1. The number of nitrogens with zero attached hydrogens (tertiary/aromatic N) is 2. The number of carbonyl (C=O) groups is 2. The van der Waals surface area contributed by atoms with Crippen LogP contribution in [0.2, 0.25) is 0 Å². The number of carbonyl (C=O) groups excluding carboxylic acids is 1. The van der Waals surface area contributed by atoms with Crippen LogP contribution in [0.1, 0.15) is 46.0 Å². The van der Waals surface area contributed by atoms with Crippen molar-refractivity contribution in [3.8, 4) is 0 Å². The van der Waals surface area contributed by atoms with E-state index in [1.807, 2.05) is 13.8 Å². The molecular weight excluding hydrogens is 244 g/mol. The van der Waals surface area contributed by atoms with Gasteiger partial charge in [0.15, 0.2) is 0 Å². The van der Waals surface area contributed by atoms with Crippen LogP contribution in [0.4, 0.5) is 4.79 Å². The van der Waals surface area contributed by atoms with E-state index in [2.05, 4.69) is 0 Å². The highest BCUT2D eigenvalue weighted by molar-refractivity contribution is 5.77. The van der Waals surface area contributed by atoms with Gasteiger partial charge in [-0.25, -0.2) is 4.79 Å². The average Bonchev–Trinajstić information content (AvgIpc) is 2.39. The van der Waals surface area contributed by atoms with Gasteiger partial charge in [-0.05, 0) is 25.7 Å². The molecule has 5 heteroatoms. The van der Waals surface area contributed by atoms with E-state index in [0.717, 1.165) is 19.4 Å². The molecule has 2 amide bonds. The lowest BCUT2D eigenvalue weighted by Crippen LogP contribution is -2.50. The van der Waals surface area contributed by atoms with Crippen LogP contribution in [0.3, 0.4) is 0 Å². The Kier molecular flexibility index (Phi) is 5.63. The Labute approximate surface area is 115 Å². The predicted octanol–water partition coefficient (Wildman–Crippen LogP) is 2.42. The Morgan fingerprint density at radius 2 is 1.79 bits per heavy atom. The highest BCUT2D eigenvalue weighted by atomic mass is 16.4. The lowest BCUT2D eigenvalue weighted by molar-refractivity contribution is -0.152. The van der Waals surface area contributed by atoms with E-state index in [0.29, 0.717) is 32.4 Å². The maximum absolute atomic E-state index is 12.1. The van der Waals surface area contributed by atoms with Crippen molar-refractivity contribution in [2.45, 2.75) is 46.0 Å². The van der Waals surface area contributed by atoms with Gasteiger partial charge in [-0.2, -0.15) is 0 Å². The van der Waals surface area contributed by atoms with Crippen molar-refractivity contribution in [2.75, 3.05) is 26.7 Å². The lowest BCUT2D eigenvalue weighted by atomic mass is 9.75. The van der Waals surface area contributed by atoms with E-state index < -0.39 is 11.4 Å². The molecule has 1 heterocycles. The molecule has 0 aliphatic carbocycles. The molecule has 0 spiro atoms. The van der Waals surface area contributed by atoms with Crippen LogP contribution >= 0.6 is 0 Å². The van der Waals surface area contributed by atoms with Crippen molar-refractivity contribution in [3.05, 3.63) is 0 Å². The zero-order valence-electron chi connectivity index (χ0n) is 12.3. The van der Waals surface area contributed by atoms with Gasteiger partial charge in [0.25, 0.3) is 0 Å². The summed E-state index contributed by atoms with van der Waals surface area (Å²) in [6.07, 6.45) is 3.65. The van der Waals surface area contributed by atoms with Gasteiger partial charge in [0, 0.05) is 26.7 Å². The van der Waals surface area contributed by atoms with Crippen molar-refractivity contribution < 1.29 is 14.7 Å². The van der Waals surface area contributed by atoms with Gasteiger partial charge < -0.3 is 14.9 Å². The van der Waals surface area contributed by atoms with Crippen molar-refractivity contribution >= 4 is 12.0 Å². The minimum Gasteiger partial charge on any atom is -0.481 e. The summed E-state index contributed by atoms with van der Waals surface area (Å²) in [6, 6.07) is 0.0253. The Hall–Kier alpha value is -1.26. The van der Waals surface area contributed by atoms with Gasteiger partial charge in [0.05, 0.1) is 5.41 Å². The number of aliphatic carboxylic acids is 1. The number of hydrogen-bond donors (Lipinski definition) is 1. The van der Waals surface area contributed by atoms with Gasteiger partial charge in [-0.1, -0.05) is 20.3 Å². The van der Waals surface area contributed by atoms with Crippen molar-refractivity contribution in [1.82, 2.24) is 9.80 Å². The fraction of sp³-hybridized carbons (Fsp3) is 0.857. The second-order valence-electron chi connectivity index (χ2n) is 5.53. The molecule has 0 atom stereocenters. The summed E-state index contributed by atoms with van der Waals surface area (Å²) in [7, 11) is 1.80. The van der Waals surface area contributed by atoms with Crippen LogP contribution in [-0.2, 0) is 4.79 Å². The zero-order chi connectivity index (χ0) is 14.5. The average molecular weight is 270 g/mol. The Bertz CT molecular complexity index is 323. The van der Waals surface area contributed by atoms with Gasteiger partial charge in [0.1, 0.15) is 0 Å². The molecule has 0 unspecified atom stereocenters. The highest BCUT2D eigenvalue weighted by Crippen LogP contribution is 2.36. The van der Waals surface area contributed by atoms with E-state index >= 15 is 0 Å². The predicted molar refractivity (Wildman–Crippen MR) is 74.1 cm³/mol. The molecule has 1 fully saturated rings. The number of rotatable bonds is 5. The number of amides is 2. The van der Waals surface area contributed by atoms with E-state index in [4.69, 9.17) is 0 Å². The third-order valence-corrected chi connectivity index (χ3v) is 4.06. The number of hydrogen-bond acceptors (Lipinski definition) is 2. The molecular formula is C14H26N2O3. The quantitative estimate of drug-likeness (QED) is 0.834. The first-order valence-corrected chi connectivity index (χ1v) is 7.20. The fourth-order valence-corrected chi connectivity index (χ4v) is 2.85. The first kappa shape index (κ1) is 15.8. The third kappa shape index (κ3) is 3.61. The third-order valence-electron chi connectivity index (χ3n) is 4.06. The van der Waals surface area contributed by atoms with Crippen LogP contribution < -0.4 is 0 Å². The van der Waals surface area contributed by atoms with Crippen LogP contribution in [0.5, 0.6) is 0 Å². The van der Waals surface area contributed by atoms with Crippen LogP contribution in [0, 0.1) is 5.41 Å². The topological polar surface area (TPSA) is 60.9 Å². The minimum absolute atomic E-state index is 0.0253. The van der Waals surface area contributed by atoms with E-state index in [1.165, 1.54) is 0 Å². The largest absolute Gasteiger partial charge is 0.481 e. The molecule has 1 saturated heterocycles. The zero-order valence-corrected chi connectivity index (χ0v) is 12.3. The van der Waals surface area contributed by atoms with E-state index in [-0.39, 0.29) is 6.03 Å². The smallest absolute Gasteiger partial charge is 0.319 e. The normalized spacial score (nSPS) is 18.2. The monoisotopic (exact) mass is 270 g/mol. The van der Waals surface area contributed by atoms with Gasteiger partial charge in [-0.3, -0.25) is 4.79 Å². The van der Waals surface area contributed by atoms with Crippen molar-refractivity contribution in [2.24, 2.45) is 5.41 Å². The maximum Gasteiger partial charge on any atom is 0.319 e. The second kappa shape index (κ2) is 6.78. The molecule has 0 bridgehead atoms. The molecule has 0 aromatic rings. The molecule has 19 heavy (non-hydrogen) atoms. The first-order valence-electron chi connectivity index (χ1n) is 7.20. The van der Waals surface area contributed by atoms with Crippen molar-refractivity contribution in [1.29, 1.82) is 0 Å². The van der Waals surface area contributed by atoms with E-state index in [9.17, 15) is 14.7 Å². The lowest BCUT2D eigenvalue weighted by Gasteiger charge is -2.40. The fourth-order valence-electron chi connectivity index (χ4n) is 2.85. The van der Waals surface area contributed by atoms with Crippen LogP contribution in [0.25, 0.3) is 0 Å². The minimum atomic E-state index is -0.705. The molecule has 1 aliphatic heterocycles. The molecule has 5 nitrogen and oxygen atoms in total. The summed E-state index contributed by atoms with van der Waals surface area (Å²) >= 11 is 0. The van der Waals surface area contributed by atoms with Gasteiger partial charge >= 0.3 is 12.0 Å². The second-order valence-corrected chi connectivity index (χ2v) is 5.53. The Morgan fingerprint density at radius 3 is 2.21 bits per heavy atom. The molecule has 1 N–H and O–H groups in total. The standard InChI is InChI=1S/C14H26N2O3/c1-4-6-14(12(17)18)7-10-16(11-8-14)13(19)15(3)9-5-2/h4-11H2,1-3H3,(H,17,18). The highest BCUT2D eigenvalue weighted by Gasteiger charge is 2.41. The summed E-state index contributed by atoms with van der Waals surface area (Å²) in [6.45, 7) is 5.90. The number of likely N-dealkylation sites (tertiary alicyclic amines) is 1. The number of carboxylic acids is 1. The number of carboxylic acid groups (broad SMARTS) is 1. The first-order chi connectivity index (χ1) is 8.96. The van der Waals surface area contributed by atoms with Crippen molar-refractivity contribution in [3.63, 3.8) is 0 Å². The SMILES string of the molecule is CCCN(C)C(=O)N1CCC(CCC)(C(=O)O)CC1. The molecule has 0 saturated carbocycles. The Morgan fingerprint density at radius 1 is 1.21 bits per heavy atom. The van der Waals surface area contributed by atoms with Gasteiger partial charge in [-0.15, -0.1) is 0 Å². The summed E-state index contributed by atoms with van der Waals surface area (Å²) in [5.41, 5.74) is -0.616. The maximum atomic E-state index is 12.1. The van der Waals surface area contributed by atoms with Crippen LogP contribution in [-0.4, -0.2) is 53.6 Å². The Balaban J connectivity index is 2.60. The van der Waals surface area contributed by atoms with Crippen LogP contribution in [0.15, 0.2) is 0 Å².